The maximum Gasteiger partial charge on any atom is 0.164 e. The first-order valence-electron chi connectivity index (χ1n) is 7.73. The van der Waals surface area contributed by atoms with E-state index >= 15 is 0 Å². The standard InChI is InChI=1S/C19H13ClFN3O2/c20-15-8-13(2-6-18(15)25)23-12-1-5-17-11(7-12)10-22-24(17)14-3-4-16(21)19(26)9-14/h1-10,23,25-26H. The minimum atomic E-state index is -0.677. The number of aromatic hydroxyl groups is 2. The molecule has 0 saturated carbocycles. The lowest BCUT2D eigenvalue weighted by Gasteiger charge is -2.09. The summed E-state index contributed by atoms with van der Waals surface area (Å²) in [6, 6.07) is 14.6. The Bertz CT molecular complexity index is 1130. The highest BCUT2D eigenvalue weighted by Gasteiger charge is 2.09. The molecule has 0 aliphatic rings. The number of halogens is 2. The quantitative estimate of drug-likeness (QED) is 0.446. The SMILES string of the molecule is Oc1cc(-n2ncc3cc(Nc4ccc(O)c(Cl)c4)ccc32)ccc1F. The van der Waals surface area contributed by atoms with Gasteiger partial charge in [0.1, 0.15) is 5.75 Å². The Labute approximate surface area is 152 Å². The van der Waals surface area contributed by atoms with Crippen molar-refractivity contribution in [3.05, 3.63) is 71.6 Å². The first-order valence-corrected chi connectivity index (χ1v) is 8.11. The third kappa shape index (κ3) is 2.91. The predicted octanol–water partition coefficient (Wildman–Crippen LogP) is 4.97. The summed E-state index contributed by atoms with van der Waals surface area (Å²) >= 11 is 5.92. The van der Waals surface area contributed by atoms with Crippen molar-refractivity contribution < 1.29 is 14.6 Å². The zero-order valence-corrected chi connectivity index (χ0v) is 14.1. The molecule has 3 aromatic carbocycles. The zero-order valence-electron chi connectivity index (χ0n) is 13.3. The number of benzene rings is 3. The first-order chi connectivity index (χ1) is 12.5. The second-order valence-electron chi connectivity index (χ2n) is 5.76. The minimum absolute atomic E-state index is 0.0245. The monoisotopic (exact) mass is 369 g/mol. The van der Waals surface area contributed by atoms with E-state index in [1.807, 2.05) is 18.2 Å². The van der Waals surface area contributed by atoms with Crippen molar-refractivity contribution in [2.45, 2.75) is 0 Å². The topological polar surface area (TPSA) is 70.3 Å². The third-order valence-corrected chi connectivity index (χ3v) is 4.28. The molecule has 0 fully saturated rings. The van der Waals surface area contributed by atoms with E-state index in [0.29, 0.717) is 5.69 Å². The molecule has 0 aliphatic carbocycles. The molecule has 130 valence electrons. The highest BCUT2D eigenvalue weighted by molar-refractivity contribution is 6.32. The van der Waals surface area contributed by atoms with Gasteiger partial charge >= 0.3 is 0 Å². The van der Waals surface area contributed by atoms with Crippen molar-refractivity contribution in [1.82, 2.24) is 9.78 Å². The highest BCUT2D eigenvalue weighted by Crippen LogP contribution is 2.29. The second kappa shape index (κ2) is 6.24. The van der Waals surface area contributed by atoms with Crippen LogP contribution in [0.25, 0.3) is 16.6 Å². The van der Waals surface area contributed by atoms with E-state index in [1.165, 1.54) is 18.2 Å². The van der Waals surface area contributed by atoms with E-state index in [9.17, 15) is 14.6 Å². The number of hydrogen-bond acceptors (Lipinski definition) is 4. The van der Waals surface area contributed by atoms with Crippen molar-refractivity contribution in [3.8, 4) is 17.2 Å². The van der Waals surface area contributed by atoms with E-state index in [-0.39, 0.29) is 10.8 Å². The van der Waals surface area contributed by atoms with Crippen LogP contribution >= 0.6 is 11.6 Å². The molecule has 5 nitrogen and oxygen atoms in total. The fourth-order valence-electron chi connectivity index (χ4n) is 2.70. The van der Waals surface area contributed by atoms with Crippen molar-refractivity contribution in [3.63, 3.8) is 0 Å². The Balaban J connectivity index is 1.68. The molecule has 0 aliphatic heterocycles. The number of aromatic nitrogens is 2. The van der Waals surface area contributed by atoms with Crippen molar-refractivity contribution in [2.24, 2.45) is 0 Å². The molecule has 4 aromatic rings. The van der Waals surface area contributed by atoms with Gasteiger partial charge in [0.2, 0.25) is 0 Å². The molecule has 0 radical (unpaired) electrons. The molecule has 0 saturated heterocycles. The van der Waals surface area contributed by atoms with Crippen LogP contribution in [0.3, 0.4) is 0 Å². The molecular formula is C19H13ClFN3O2. The molecule has 0 bridgehead atoms. The summed E-state index contributed by atoms with van der Waals surface area (Å²) in [5.74, 6) is -1.07. The van der Waals surface area contributed by atoms with E-state index in [0.717, 1.165) is 22.3 Å². The summed E-state index contributed by atoms with van der Waals surface area (Å²) in [5.41, 5.74) is 2.93. The number of rotatable bonds is 3. The van der Waals surface area contributed by atoms with Gasteiger partial charge in [-0.1, -0.05) is 11.6 Å². The second-order valence-corrected chi connectivity index (χ2v) is 6.16. The van der Waals surface area contributed by atoms with Gasteiger partial charge < -0.3 is 15.5 Å². The van der Waals surface area contributed by atoms with Gasteiger partial charge in [0.05, 0.1) is 22.4 Å². The van der Waals surface area contributed by atoms with Gasteiger partial charge in [-0.2, -0.15) is 5.10 Å². The Morgan fingerprint density at radius 1 is 0.923 bits per heavy atom. The summed E-state index contributed by atoms with van der Waals surface area (Å²) in [4.78, 5) is 0. The average molecular weight is 370 g/mol. The number of hydrogen-bond donors (Lipinski definition) is 3. The van der Waals surface area contributed by atoms with Crippen molar-refractivity contribution >= 4 is 33.9 Å². The normalized spacial score (nSPS) is 11.0. The number of nitrogens with zero attached hydrogens (tertiary/aromatic N) is 2. The van der Waals surface area contributed by atoms with E-state index in [4.69, 9.17) is 11.6 Å². The molecule has 7 heteroatoms. The van der Waals surface area contributed by atoms with Crippen molar-refractivity contribution in [1.29, 1.82) is 0 Å². The molecule has 26 heavy (non-hydrogen) atoms. The molecule has 0 unspecified atom stereocenters. The lowest BCUT2D eigenvalue weighted by molar-refractivity contribution is 0.432. The van der Waals surface area contributed by atoms with Crippen LogP contribution in [-0.4, -0.2) is 20.0 Å². The lowest BCUT2D eigenvalue weighted by atomic mass is 10.2. The maximum atomic E-state index is 13.3. The number of anilines is 2. The van der Waals surface area contributed by atoms with Gasteiger partial charge in [0, 0.05) is 22.8 Å². The molecule has 4 rings (SSSR count). The summed E-state index contributed by atoms with van der Waals surface area (Å²) in [7, 11) is 0. The van der Waals surface area contributed by atoms with E-state index in [1.54, 1.807) is 29.1 Å². The van der Waals surface area contributed by atoms with Crippen molar-refractivity contribution in [2.75, 3.05) is 5.32 Å². The van der Waals surface area contributed by atoms with Crippen LogP contribution in [0.1, 0.15) is 0 Å². The highest BCUT2D eigenvalue weighted by atomic mass is 35.5. The Kier molecular flexibility index (Phi) is 3.89. The van der Waals surface area contributed by atoms with Gasteiger partial charge in [-0.15, -0.1) is 0 Å². The van der Waals surface area contributed by atoms with Gasteiger partial charge in [-0.05, 0) is 48.5 Å². The Hall–Kier alpha value is -3.25. The molecule has 0 amide bonds. The molecule has 3 N–H and O–H groups in total. The third-order valence-electron chi connectivity index (χ3n) is 3.98. The average Bonchev–Trinajstić information content (AvgIpc) is 3.04. The molecule has 1 heterocycles. The van der Waals surface area contributed by atoms with Crippen LogP contribution in [0.15, 0.2) is 60.8 Å². The minimum Gasteiger partial charge on any atom is -0.506 e. The van der Waals surface area contributed by atoms with E-state index in [2.05, 4.69) is 10.4 Å². The Morgan fingerprint density at radius 3 is 2.46 bits per heavy atom. The van der Waals surface area contributed by atoms with Crippen LogP contribution in [0.2, 0.25) is 5.02 Å². The van der Waals surface area contributed by atoms with Gasteiger partial charge in [-0.3, -0.25) is 0 Å². The van der Waals surface area contributed by atoms with Crippen LogP contribution in [-0.2, 0) is 0 Å². The Morgan fingerprint density at radius 2 is 1.69 bits per heavy atom. The predicted molar refractivity (Wildman–Crippen MR) is 99.1 cm³/mol. The fourth-order valence-corrected chi connectivity index (χ4v) is 2.88. The molecule has 1 aromatic heterocycles. The number of fused-ring (bicyclic) bond motifs is 1. The molecule has 0 atom stereocenters. The summed E-state index contributed by atoms with van der Waals surface area (Å²) in [6.07, 6.45) is 1.69. The smallest absolute Gasteiger partial charge is 0.164 e. The molecular weight excluding hydrogens is 357 g/mol. The lowest BCUT2D eigenvalue weighted by Crippen LogP contribution is -1.96. The zero-order chi connectivity index (χ0) is 18.3. The summed E-state index contributed by atoms with van der Waals surface area (Å²) in [6.45, 7) is 0. The number of phenols is 2. The summed E-state index contributed by atoms with van der Waals surface area (Å²) in [5, 5.41) is 27.7. The van der Waals surface area contributed by atoms with Crippen LogP contribution in [0.4, 0.5) is 15.8 Å². The van der Waals surface area contributed by atoms with Gasteiger partial charge in [0.15, 0.2) is 11.6 Å². The van der Waals surface area contributed by atoms with Crippen LogP contribution in [0.5, 0.6) is 11.5 Å². The largest absolute Gasteiger partial charge is 0.506 e. The first kappa shape index (κ1) is 16.2. The fraction of sp³-hybridized carbons (Fsp3) is 0. The van der Waals surface area contributed by atoms with Gasteiger partial charge in [0.25, 0.3) is 0 Å². The maximum absolute atomic E-state index is 13.3. The molecule has 0 spiro atoms. The van der Waals surface area contributed by atoms with Gasteiger partial charge in [-0.25, -0.2) is 9.07 Å². The van der Waals surface area contributed by atoms with E-state index < -0.39 is 11.6 Å². The van der Waals surface area contributed by atoms with Crippen LogP contribution < -0.4 is 5.32 Å². The number of nitrogens with one attached hydrogen (secondary N) is 1. The summed E-state index contributed by atoms with van der Waals surface area (Å²) < 4.78 is 14.9. The van der Waals surface area contributed by atoms with Crippen LogP contribution in [0, 0.1) is 5.82 Å². The number of phenolic OH excluding ortho intramolecular Hbond substituents is 2.